The number of benzene rings is 1. The van der Waals surface area contributed by atoms with Crippen molar-refractivity contribution in [3.05, 3.63) is 23.8 Å². The first-order chi connectivity index (χ1) is 9.99. The van der Waals surface area contributed by atoms with Crippen molar-refractivity contribution in [3.8, 4) is 5.75 Å². The van der Waals surface area contributed by atoms with Gasteiger partial charge in [0.05, 0.1) is 18.8 Å². The minimum absolute atomic E-state index is 0.0662. The van der Waals surface area contributed by atoms with Gasteiger partial charge in [0, 0.05) is 24.8 Å². The number of hydrogen-bond donors (Lipinski definition) is 1. The smallest absolute Gasteiger partial charge is 0.322 e. The van der Waals surface area contributed by atoms with E-state index in [0.717, 1.165) is 17.0 Å². The Bertz CT molecular complexity index is 494. The molecule has 21 heavy (non-hydrogen) atoms. The van der Waals surface area contributed by atoms with Crippen LogP contribution >= 0.6 is 0 Å². The second-order valence-corrected chi connectivity index (χ2v) is 5.51. The average molecular weight is 292 g/mol. The van der Waals surface area contributed by atoms with E-state index >= 15 is 0 Å². The van der Waals surface area contributed by atoms with E-state index < -0.39 is 0 Å². The van der Waals surface area contributed by atoms with Crippen LogP contribution in [0.1, 0.15) is 26.3 Å². The summed E-state index contributed by atoms with van der Waals surface area (Å²) in [6, 6.07) is 5.61. The van der Waals surface area contributed by atoms with Crippen LogP contribution in [0.3, 0.4) is 0 Å². The first-order valence-electron chi connectivity index (χ1n) is 7.44. The van der Waals surface area contributed by atoms with Gasteiger partial charge in [0.2, 0.25) is 0 Å². The van der Waals surface area contributed by atoms with Crippen LogP contribution in [0.5, 0.6) is 5.75 Å². The number of aryl methyl sites for hydroxylation is 1. The van der Waals surface area contributed by atoms with Gasteiger partial charge in [-0.25, -0.2) is 4.79 Å². The van der Waals surface area contributed by atoms with Gasteiger partial charge in [0.1, 0.15) is 5.75 Å². The zero-order chi connectivity index (χ0) is 15.4. The second kappa shape index (κ2) is 6.80. The zero-order valence-electron chi connectivity index (χ0n) is 13.2. The Morgan fingerprint density at radius 2 is 2.05 bits per heavy atom. The van der Waals surface area contributed by atoms with Gasteiger partial charge in [-0.15, -0.1) is 0 Å². The highest BCUT2D eigenvalue weighted by atomic mass is 16.5. The summed E-state index contributed by atoms with van der Waals surface area (Å²) in [6.45, 7) is 9.73. The third kappa shape index (κ3) is 4.11. The van der Waals surface area contributed by atoms with E-state index in [2.05, 4.69) is 5.32 Å². The molecular weight excluding hydrogens is 268 g/mol. The van der Waals surface area contributed by atoms with Gasteiger partial charge in [-0.2, -0.15) is 0 Å². The van der Waals surface area contributed by atoms with Gasteiger partial charge in [-0.1, -0.05) is 6.07 Å². The van der Waals surface area contributed by atoms with E-state index in [1.807, 2.05) is 45.9 Å². The molecule has 116 valence electrons. The molecule has 5 heteroatoms. The van der Waals surface area contributed by atoms with Crippen molar-refractivity contribution in [2.45, 2.75) is 39.9 Å². The number of anilines is 1. The summed E-state index contributed by atoms with van der Waals surface area (Å²) in [5, 5.41) is 2.93. The molecule has 5 nitrogen and oxygen atoms in total. The van der Waals surface area contributed by atoms with Crippen LogP contribution in [0, 0.1) is 6.92 Å². The molecule has 0 aromatic heterocycles. The number of hydrogen-bond acceptors (Lipinski definition) is 3. The molecule has 2 atom stereocenters. The molecule has 1 N–H and O–H groups in total. The molecule has 1 fully saturated rings. The minimum Gasteiger partial charge on any atom is -0.494 e. The van der Waals surface area contributed by atoms with Crippen LogP contribution in [0.4, 0.5) is 10.5 Å². The second-order valence-electron chi connectivity index (χ2n) is 5.51. The van der Waals surface area contributed by atoms with Crippen molar-refractivity contribution in [3.63, 3.8) is 0 Å². The van der Waals surface area contributed by atoms with Crippen LogP contribution in [0.25, 0.3) is 0 Å². The first kappa shape index (κ1) is 15.6. The summed E-state index contributed by atoms with van der Waals surface area (Å²) < 4.78 is 11.2. The Balaban J connectivity index is 2.03. The molecule has 1 saturated heterocycles. The van der Waals surface area contributed by atoms with E-state index in [9.17, 15) is 4.79 Å². The highest BCUT2D eigenvalue weighted by Crippen LogP contribution is 2.23. The minimum atomic E-state index is -0.0942. The summed E-state index contributed by atoms with van der Waals surface area (Å²) in [5.74, 6) is 0.805. The molecule has 0 aliphatic carbocycles. The molecule has 2 unspecified atom stereocenters. The maximum atomic E-state index is 12.3. The summed E-state index contributed by atoms with van der Waals surface area (Å²) in [7, 11) is 0. The predicted octanol–water partition coefficient (Wildman–Crippen LogP) is 3.03. The molecule has 2 rings (SSSR count). The van der Waals surface area contributed by atoms with Crippen molar-refractivity contribution in [1.82, 2.24) is 4.90 Å². The van der Waals surface area contributed by atoms with Crippen molar-refractivity contribution in [2.75, 3.05) is 25.0 Å². The van der Waals surface area contributed by atoms with E-state index in [1.54, 1.807) is 4.90 Å². The number of amides is 2. The maximum Gasteiger partial charge on any atom is 0.322 e. The number of morpholine rings is 1. The Labute approximate surface area is 126 Å². The summed E-state index contributed by atoms with van der Waals surface area (Å²) in [4.78, 5) is 14.1. The molecule has 1 heterocycles. The first-order valence-corrected chi connectivity index (χ1v) is 7.44. The number of nitrogens with zero attached hydrogens (tertiary/aromatic N) is 1. The van der Waals surface area contributed by atoms with Crippen molar-refractivity contribution in [2.24, 2.45) is 0 Å². The topological polar surface area (TPSA) is 50.8 Å². The molecule has 2 amide bonds. The lowest BCUT2D eigenvalue weighted by Gasteiger charge is -2.35. The number of rotatable bonds is 3. The standard InChI is InChI=1S/C16H24N2O3/c1-5-20-15-8-14(7-6-11(15)2)17-16(19)18-9-12(3)21-13(4)10-18/h6-8,12-13H,5,9-10H2,1-4H3,(H,17,19). The predicted molar refractivity (Wildman–Crippen MR) is 82.9 cm³/mol. The lowest BCUT2D eigenvalue weighted by atomic mass is 10.2. The van der Waals surface area contributed by atoms with Crippen LogP contribution in [-0.2, 0) is 4.74 Å². The molecule has 0 spiro atoms. The van der Waals surface area contributed by atoms with Gasteiger partial charge in [-0.05, 0) is 39.3 Å². The zero-order valence-corrected chi connectivity index (χ0v) is 13.2. The van der Waals surface area contributed by atoms with Crippen LogP contribution in [0.2, 0.25) is 0 Å². The van der Waals surface area contributed by atoms with Gasteiger partial charge < -0.3 is 19.7 Å². The Hall–Kier alpha value is -1.75. The SMILES string of the molecule is CCOc1cc(NC(=O)N2CC(C)OC(C)C2)ccc1C. The Kier molecular flexibility index (Phi) is 5.07. The maximum absolute atomic E-state index is 12.3. The fourth-order valence-corrected chi connectivity index (χ4v) is 2.54. The third-order valence-corrected chi connectivity index (χ3v) is 3.45. The molecule has 1 aliphatic heterocycles. The number of carbonyl (C=O) groups is 1. The molecule has 1 aromatic rings. The fraction of sp³-hybridized carbons (Fsp3) is 0.562. The van der Waals surface area contributed by atoms with E-state index in [-0.39, 0.29) is 18.2 Å². The van der Waals surface area contributed by atoms with Gasteiger partial charge in [-0.3, -0.25) is 0 Å². The lowest BCUT2D eigenvalue weighted by Crippen LogP contribution is -2.49. The van der Waals surface area contributed by atoms with Crippen molar-refractivity contribution < 1.29 is 14.3 Å². The highest BCUT2D eigenvalue weighted by molar-refractivity contribution is 5.89. The quantitative estimate of drug-likeness (QED) is 0.931. The molecule has 0 radical (unpaired) electrons. The Morgan fingerprint density at radius 3 is 2.67 bits per heavy atom. The number of carbonyl (C=O) groups excluding carboxylic acids is 1. The largest absolute Gasteiger partial charge is 0.494 e. The summed E-state index contributed by atoms with van der Waals surface area (Å²) in [6.07, 6.45) is 0.132. The number of urea groups is 1. The van der Waals surface area contributed by atoms with Crippen molar-refractivity contribution in [1.29, 1.82) is 0 Å². The monoisotopic (exact) mass is 292 g/mol. The number of ether oxygens (including phenoxy) is 2. The highest BCUT2D eigenvalue weighted by Gasteiger charge is 2.25. The number of nitrogens with one attached hydrogen (secondary N) is 1. The normalized spacial score (nSPS) is 22.0. The van der Waals surface area contributed by atoms with Gasteiger partial charge >= 0.3 is 6.03 Å². The Morgan fingerprint density at radius 1 is 1.38 bits per heavy atom. The van der Waals surface area contributed by atoms with Gasteiger partial charge in [0.15, 0.2) is 0 Å². The lowest BCUT2D eigenvalue weighted by molar-refractivity contribution is -0.0530. The van der Waals surface area contributed by atoms with Crippen LogP contribution in [-0.4, -0.2) is 42.8 Å². The summed E-state index contributed by atoms with van der Waals surface area (Å²) >= 11 is 0. The van der Waals surface area contributed by atoms with E-state index in [4.69, 9.17) is 9.47 Å². The van der Waals surface area contributed by atoms with Crippen LogP contribution < -0.4 is 10.1 Å². The van der Waals surface area contributed by atoms with Gasteiger partial charge in [0.25, 0.3) is 0 Å². The molecular formula is C16H24N2O3. The van der Waals surface area contributed by atoms with Crippen molar-refractivity contribution >= 4 is 11.7 Å². The van der Waals surface area contributed by atoms with E-state index in [0.29, 0.717) is 19.7 Å². The molecule has 1 aromatic carbocycles. The molecule has 0 saturated carbocycles. The molecule has 1 aliphatic rings. The molecule has 0 bridgehead atoms. The average Bonchev–Trinajstić information content (AvgIpc) is 2.41. The summed E-state index contributed by atoms with van der Waals surface area (Å²) in [5.41, 5.74) is 1.81. The van der Waals surface area contributed by atoms with Crippen LogP contribution in [0.15, 0.2) is 18.2 Å². The third-order valence-electron chi connectivity index (χ3n) is 3.45. The van der Waals surface area contributed by atoms with E-state index in [1.165, 1.54) is 0 Å². The fourth-order valence-electron chi connectivity index (χ4n) is 2.54.